The summed E-state index contributed by atoms with van der Waals surface area (Å²) in [5.41, 5.74) is 0.242. The van der Waals surface area contributed by atoms with E-state index in [1.807, 2.05) is 0 Å². The Hall–Kier alpha value is -3.23. The second-order valence-corrected chi connectivity index (χ2v) is 5.90. The average molecular weight is 393 g/mol. The number of carbonyl (C=O) groups excluding carboxylic acids is 1. The van der Waals surface area contributed by atoms with Crippen LogP contribution in [0.2, 0.25) is 0 Å². The molecule has 0 unspecified atom stereocenters. The summed E-state index contributed by atoms with van der Waals surface area (Å²) in [4.78, 5) is 16.2. The van der Waals surface area contributed by atoms with Gasteiger partial charge in [-0.1, -0.05) is 0 Å². The summed E-state index contributed by atoms with van der Waals surface area (Å²) < 4.78 is 58.6. The van der Waals surface area contributed by atoms with Crippen LogP contribution in [0.5, 0.6) is 0 Å². The Kier molecular flexibility index (Phi) is 5.17. The predicted octanol–water partition coefficient (Wildman–Crippen LogP) is 4.58. The van der Waals surface area contributed by atoms with Crippen LogP contribution in [0.4, 0.5) is 17.6 Å². The summed E-state index contributed by atoms with van der Waals surface area (Å²) in [7, 11) is 0. The molecule has 5 nitrogen and oxygen atoms in total. The zero-order chi connectivity index (χ0) is 20.5. The third kappa shape index (κ3) is 3.88. The molecule has 0 spiro atoms. The number of esters is 1. The molecule has 0 saturated carbocycles. The predicted molar refractivity (Wildman–Crippen MR) is 92.4 cm³/mol. The third-order valence-electron chi connectivity index (χ3n) is 3.90. The van der Waals surface area contributed by atoms with Gasteiger partial charge in [0, 0.05) is 23.5 Å². The number of benzene rings is 1. The third-order valence-corrected chi connectivity index (χ3v) is 3.90. The van der Waals surface area contributed by atoms with Crippen molar-refractivity contribution in [1.82, 2.24) is 14.8 Å². The maximum Gasteiger partial charge on any atom is 0.419 e. The summed E-state index contributed by atoms with van der Waals surface area (Å²) in [6.45, 7) is 3.54. The number of carbonyl (C=O) groups is 1. The minimum Gasteiger partial charge on any atom is -0.461 e. The van der Waals surface area contributed by atoms with Gasteiger partial charge >= 0.3 is 12.1 Å². The van der Waals surface area contributed by atoms with Crippen LogP contribution in [-0.4, -0.2) is 27.3 Å². The molecule has 3 rings (SSSR count). The highest BCUT2D eigenvalue weighted by Crippen LogP contribution is 2.33. The highest BCUT2D eigenvalue weighted by Gasteiger charge is 2.34. The van der Waals surface area contributed by atoms with Gasteiger partial charge < -0.3 is 4.74 Å². The van der Waals surface area contributed by atoms with Gasteiger partial charge in [-0.3, -0.25) is 4.98 Å². The first kappa shape index (κ1) is 19.5. The molecule has 0 radical (unpaired) electrons. The van der Waals surface area contributed by atoms with Crippen LogP contribution in [0.15, 0.2) is 42.6 Å². The second kappa shape index (κ2) is 7.41. The van der Waals surface area contributed by atoms with Gasteiger partial charge in [0.1, 0.15) is 5.82 Å². The van der Waals surface area contributed by atoms with E-state index in [2.05, 4.69) is 10.1 Å². The van der Waals surface area contributed by atoms with Crippen LogP contribution in [-0.2, 0) is 10.9 Å². The molecule has 3 aromatic rings. The molecule has 0 aliphatic carbocycles. The highest BCUT2D eigenvalue weighted by atomic mass is 19.4. The molecular weight excluding hydrogens is 378 g/mol. The summed E-state index contributed by atoms with van der Waals surface area (Å²) in [6.07, 6.45) is -3.29. The fraction of sp³-hybridized carbons (Fsp3) is 0.211. The van der Waals surface area contributed by atoms with E-state index < -0.39 is 23.5 Å². The summed E-state index contributed by atoms with van der Waals surface area (Å²) in [6, 6.07) is 7.29. The van der Waals surface area contributed by atoms with Crippen LogP contribution in [0.3, 0.4) is 0 Å². The normalized spacial score (nSPS) is 11.5. The zero-order valence-corrected chi connectivity index (χ0v) is 14.9. The van der Waals surface area contributed by atoms with Crippen molar-refractivity contribution in [3.05, 3.63) is 65.4 Å². The Morgan fingerprint density at radius 1 is 1.18 bits per heavy atom. The van der Waals surface area contributed by atoms with Gasteiger partial charge in [-0.25, -0.2) is 13.9 Å². The zero-order valence-electron chi connectivity index (χ0n) is 14.9. The average Bonchev–Trinajstić information content (AvgIpc) is 3.07. The molecule has 0 bridgehead atoms. The van der Waals surface area contributed by atoms with Crippen molar-refractivity contribution in [3.8, 4) is 16.9 Å². The van der Waals surface area contributed by atoms with Crippen LogP contribution in [0, 0.1) is 12.7 Å². The number of nitrogens with zero attached hydrogens (tertiary/aromatic N) is 3. The SMILES string of the molecule is CCOC(=O)c1cc(-c2ccc(C)nc2)n(-c2ccc(C(F)(F)F)c(F)c2)n1. The van der Waals surface area contributed by atoms with E-state index in [9.17, 15) is 22.4 Å². The fourth-order valence-electron chi connectivity index (χ4n) is 2.57. The van der Waals surface area contributed by atoms with Gasteiger partial charge in [0.25, 0.3) is 0 Å². The molecule has 0 fully saturated rings. The second-order valence-electron chi connectivity index (χ2n) is 5.90. The van der Waals surface area contributed by atoms with Gasteiger partial charge in [-0.05, 0) is 44.2 Å². The van der Waals surface area contributed by atoms with Crippen molar-refractivity contribution >= 4 is 5.97 Å². The van der Waals surface area contributed by atoms with Crippen molar-refractivity contribution < 1.29 is 27.1 Å². The van der Waals surface area contributed by atoms with Gasteiger partial charge in [-0.2, -0.15) is 18.3 Å². The van der Waals surface area contributed by atoms with Crippen LogP contribution in [0.25, 0.3) is 16.9 Å². The van der Waals surface area contributed by atoms with E-state index >= 15 is 0 Å². The molecule has 9 heteroatoms. The Morgan fingerprint density at radius 2 is 1.93 bits per heavy atom. The molecule has 2 heterocycles. The maximum atomic E-state index is 14.0. The molecular formula is C19H15F4N3O2. The number of pyridine rings is 1. The molecule has 0 aliphatic heterocycles. The van der Waals surface area contributed by atoms with E-state index in [0.717, 1.165) is 17.8 Å². The van der Waals surface area contributed by atoms with E-state index in [4.69, 9.17) is 4.74 Å². The Balaban J connectivity index is 2.14. The van der Waals surface area contributed by atoms with Gasteiger partial charge in [0.15, 0.2) is 5.69 Å². The standard InChI is InChI=1S/C19H15F4N3O2/c1-3-28-18(27)16-9-17(12-5-4-11(2)24-10-12)26(25-16)13-6-7-14(15(20)8-13)19(21,22)23/h4-10H,3H2,1-2H3. The summed E-state index contributed by atoms with van der Waals surface area (Å²) in [5.74, 6) is -2.14. The molecule has 1 aromatic carbocycles. The van der Waals surface area contributed by atoms with Crippen LogP contribution in [0.1, 0.15) is 28.7 Å². The Bertz CT molecular complexity index is 1010. The molecule has 0 saturated heterocycles. The van der Waals surface area contributed by atoms with Crippen LogP contribution >= 0.6 is 0 Å². The number of aryl methyl sites for hydroxylation is 1. The minimum atomic E-state index is -4.81. The minimum absolute atomic E-state index is 0.0247. The lowest BCUT2D eigenvalue weighted by Gasteiger charge is -2.11. The van der Waals surface area contributed by atoms with Gasteiger partial charge in [-0.15, -0.1) is 0 Å². The smallest absolute Gasteiger partial charge is 0.419 e. The number of aromatic nitrogens is 3. The highest BCUT2D eigenvalue weighted by molar-refractivity contribution is 5.89. The molecule has 146 valence electrons. The van der Waals surface area contributed by atoms with E-state index in [0.29, 0.717) is 17.3 Å². The van der Waals surface area contributed by atoms with Crippen molar-refractivity contribution in [2.45, 2.75) is 20.0 Å². The number of hydrogen-bond donors (Lipinski definition) is 0. The molecule has 28 heavy (non-hydrogen) atoms. The molecule has 0 aliphatic rings. The Morgan fingerprint density at radius 3 is 2.50 bits per heavy atom. The number of halogens is 4. The monoisotopic (exact) mass is 393 g/mol. The fourth-order valence-corrected chi connectivity index (χ4v) is 2.57. The lowest BCUT2D eigenvalue weighted by molar-refractivity contribution is -0.140. The molecule has 0 atom stereocenters. The number of hydrogen-bond acceptors (Lipinski definition) is 4. The van der Waals surface area contributed by atoms with Crippen molar-refractivity contribution in [3.63, 3.8) is 0 Å². The summed E-state index contributed by atoms with van der Waals surface area (Å²) >= 11 is 0. The number of ether oxygens (including phenoxy) is 1. The molecule has 0 amide bonds. The van der Waals surface area contributed by atoms with Crippen LogP contribution < -0.4 is 0 Å². The quantitative estimate of drug-likeness (QED) is 0.481. The lowest BCUT2D eigenvalue weighted by atomic mass is 10.1. The number of rotatable bonds is 4. The topological polar surface area (TPSA) is 57.0 Å². The molecule has 0 N–H and O–H groups in total. The largest absolute Gasteiger partial charge is 0.461 e. The Labute approximate surface area is 157 Å². The van der Waals surface area contributed by atoms with E-state index in [1.165, 1.54) is 16.9 Å². The maximum absolute atomic E-state index is 14.0. The lowest BCUT2D eigenvalue weighted by Crippen LogP contribution is -2.10. The van der Waals surface area contributed by atoms with E-state index in [1.54, 1.807) is 26.0 Å². The van der Waals surface area contributed by atoms with Crippen molar-refractivity contribution in [1.29, 1.82) is 0 Å². The van der Waals surface area contributed by atoms with Gasteiger partial charge in [0.05, 0.1) is 23.6 Å². The van der Waals surface area contributed by atoms with Gasteiger partial charge in [0.2, 0.25) is 0 Å². The molecule has 2 aromatic heterocycles. The van der Waals surface area contributed by atoms with Crippen molar-refractivity contribution in [2.24, 2.45) is 0 Å². The first-order valence-electron chi connectivity index (χ1n) is 8.28. The first-order chi connectivity index (χ1) is 13.2. The first-order valence-corrected chi connectivity index (χ1v) is 8.28. The van der Waals surface area contributed by atoms with E-state index in [-0.39, 0.29) is 18.0 Å². The summed E-state index contributed by atoms with van der Waals surface area (Å²) in [5, 5.41) is 4.10. The van der Waals surface area contributed by atoms with Crippen molar-refractivity contribution in [2.75, 3.05) is 6.61 Å². The number of alkyl halides is 3.